The van der Waals surface area contributed by atoms with Crippen molar-refractivity contribution < 1.29 is 0 Å². The van der Waals surface area contributed by atoms with Gasteiger partial charge in [0.15, 0.2) is 0 Å². The van der Waals surface area contributed by atoms with Crippen LogP contribution in [0.4, 0.5) is 0 Å². The Kier molecular flexibility index (Phi) is 9.04. The minimum Gasteiger partial charge on any atom is -0.0619 e. The van der Waals surface area contributed by atoms with E-state index in [1.807, 2.05) is 0 Å². The summed E-state index contributed by atoms with van der Waals surface area (Å²) in [5.74, 6) is 0. The third-order valence-corrected chi connectivity index (χ3v) is 16.3. The fraction of sp³-hybridized carbons (Fsp3) is 0.156. The molecule has 0 saturated heterocycles. The molecule has 0 radical (unpaired) electrons. The Morgan fingerprint density at radius 2 is 0.862 bits per heavy atom. The first-order chi connectivity index (χ1) is 31.4. The third-order valence-electron chi connectivity index (χ3n) is 15.6. The lowest BCUT2D eigenvalue weighted by Gasteiger charge is -2.33. The van der Waals surface area contributed by atoms with Gasteiger partial charge in [0, 0.05) is 19.8 Å². The van der Waals surface area contributed by atoms with Crippen molar-refractivity contribution in [2.45, 2.75) is 64.2 Å². The van der Waals surface area contributed by atoms with Gasteiger partial charge in [0.1, 0.15) is 0 Å². The minimum absolute atomic E-state index is 0.117. The van der Waals surface area contributed by atoms with Gasteiger partial charge >= 0.3 is 0 Å². The lowest BCUT2D eigenvalue weighted by Crippen LogP contribution is -2.26. The van der Waals surface area contributed by atoms with Gasteiger partial charge in [0.05, 0.1) is 0 Å². The van der Waals surface area contributed by atoms with E-state index in [0.717, 1.165) is 6.42 Å². The van der Waals surface area contributed by atoms with Crippen LogP contribution in [0.2, 0.25) is 0 Å². The first-order valence-corrected chi connectivity index (χ1v) is 24.2. The topological polar surface area (TPSA) is 0 Å². The predicted molar refractivity (Wildman–Crippen MR) is 282 cm³/mol. The molecule has 2 unspecified atom stereocenters. The van der Waals surface area contributed by atoms with Gasteiger partial charge in [-0.15, -0.1) is 0 Å². The molecule has 0 aliphatic heterocycles. The second kappa shape index (κ2) is 14.6. The number of fused-ring (bicyclic) bond motifs is 9. The summed E-state index contributed by atoms with van der Waals surface area (Å²) in [5.41, 5.74) is 28.7. The van der Waals surface area contributed by atoms with E-state index in [-0.39, 0.29) is 10.8 Å². The highest BCUT2D eigenvalue weighted by Crippen LogP contribution is 2.59. The largest absolute Gasteiger partial charge is 0.0619 e. The van der Waals surface area contributed by atoms with E-state index in [2.05, 4.69) is 252 Å². The molecule has 0 heterocycles. The van der Waals surface area contributed by atoms with Crippen molar-refractivity contribution in [1.82, 2.24) is 0 Å². The summed E-state index contributed by atoms with van der Waals surface area (Å²) in [4.78, 5) is 0. The molecule has 0 saturated carbocycles. The molecule has 0 nitrogen and oxygen atoms in total. The Morgan fingerprint density at radius 3 is 1.58 bits per heavy atom. The van der Waals surface area contributed by atoms with Crippen molar-refractivity contribution in [2.24, 2.45) is 0 Å². The van der Waals surface area contributed by atoms with Crippen molar-refractivity contribution >= 4 is 22.6 Å². The second-order valence-electron chi connectivity index (χ2n) is 19.9. The van der Waals surface area contributed by atoms with Crippen LogP contribution in [-0.4, -0.2) is 0 Å². The Hall–Kier alpha value is -6.29. The molecular weight excluding hydrogens is 896 g/mol. The second-order valence-corrected chi connectivity index (χ2v) is 21.1. The molecule has 12 rings (SSSR count). The Morgan fingerprint density at radius 1 is 0.354 bits per heavy atom. The fourth-order valence-electron chi connectivity index (χ4n) is 12.2. The number of aryl methyl sites for hydroxylation is 2. The molecule has 3 aliphatic rings. The average molecular weight is 947 g/mol. The molecule has 9 aromatic rings. The van der Waals surface area contributed by atoms with Crippen LogP contribution < -0.4 is 0 Å². The van der Waals surface area contributed by atoms with E-state index in [0.29, 0.717) is 0 Å². The highest BCUT2D eigenvalue weighted by molar-refractivity contribution is 14.1. The first kappa shape index (κ1) is 40.2. The summed E-state index contributed by atoms with van der Waals surface area (Å²) in [6.07, 6.45) is 0.897. The number of rotatable bonds is 6. The maximum Gasteiger partial charge on any atom is 0.0441 e. The lowest BCUT2D eigenvalue weighted by molar-refractivity contribution is 0.582. The molecule has 0 bridgehead atoms. The van der Waals surface area contributed by atoms with Crippen LogP contribution in [-0.2, 0) is 22.7 Å². The molecule has 0 aromatic heterocycles. The van der Waals surface area contributed by atoms with Gasteiger partial charge in [-0.25, -0.2) is 0 Å². The summed E-state index contributed by atoms with van der Waals surface area (Å²) in [6.45, 7) is 14.2. The van der Waals surface area contributed by atoms with Crippen molar-refractivity contribution in [3.8, 4) is 66.8 Å². The third kappa shape index (κ3) is 6.00. The molecule has 2 atom stereocenters. The quantitative estimate of drug-likeness (QED) is 0.146. The maximum atomic E-state index is 2.60. The van der Waals surface area contributed by atoms with Gasteiger partial charge in [0.2, 0.25) is 0 Å². The number of hydrogen-bond acceptors (Lipinski definition) is 0. The zero-order chi connectivity index (χ0) is 44.4. The van der Waals surface area contributed by atoms with Crippen LogP contribution >= 0.6 is 22.6 Å². The van der Waals surface area contributed by atoms with Crippen molar-refractivity contribution in [2.75, 3.05) is 0 Å². The normalized spacial score (nSPS) is 18.1. The molecule has 65 heavy (non-hydrogen) atoms. The molecule has 1 heteroatoms. The lowest BCUT2D eigenvalue weighted by atomic mass is 9.69. The van der Waals surface area contributed by atoms with Gasteiger partial charge < -0.3 is 0 Å². The Labute approximate surface area is 398 Å². The van der Waals surface area contributed by atoms with Crippen LogP contribution in [0.15, 0.2) is 188 Å². The molecule has 0 amide bonds. The molecule has 0 N–H and O–H groups in total. The van der Waals surface area contributed by atoms with Crippen LogP contribution in [0.25, 0.3) is 66.8 Å². The summed E-state index contributed by atoms with van der Waals surface area (Å²) in [7, 11) is 0. The molecule has 3 aliphatic carbocycles. The standard InChI is InChI=1S/C64H51I/c1-39-18-23-42(24-19-39)45-29-33-58-53(35-45)49-13-8-10-17-57(49)64(58,6)60-37-54-48-12-7-9-16-56(48)63(5,59(54)36-51(60)44-25-20-40(2)21-26-44)38-41-22-32-55-52(34-41)50-15-11-14-47(61(50)62(55,3)4)43-27-30-46(65)31-28-43/h7-37H,38H2,1-6H3. The smallest absolute Gasteiger partial charge is 0.0441 e. The fourth-order valence-corrected chi connectivity index (χ4v) is 12.6. The number of halogens is 1. The first-order valence-electron chi connectivity index (χ1n) is 23.1. The summed E-state index contributed by atoms with van der Waals surface area (Å²) >= 11 is 2.41. The molecule has 314 valence electrons. The van der Waals surface area contributed by atoms with E-state index in [1.54, 1.807) is 0 Å². The van der Waals surface area contributed by atoms with Gasteiger partial charge in [-0.3, -0.25) is 0 Å². The van der Waals surface area contributed by atoms with Crippen LogP contribution in [0, 0.1) is 17.4 Å². The van der Waals surface area contributed by atoms with Crippen LogP contribution in [0.1, 0.15) is 83.3 Å². The Bertz CT molecular complexity index is 3400. The summed E-state index contributed by atoms with van der Waals surface area (Å²) in [5, 5.41) is 0. The van der Waals surface area contributed by atoms with Crippen LogP contribution in [0.3, 0.4) is 0 Å². The van der Waals surface area contributed by atoms with Gasteiger partial charge in [-0.1, -0.05) is 190 Å². The van der Waals surface area contributed by atoms with E-state index < -0.39 is 5.41 Å². The van der Waals surface area contributed by atoms with E-state index in [9.17, 15) is 0 Å². The minimum atomic E-state index is -0.391. The zero-order valence-electron chi connectivity index (χ0n) is 38.0. The predicted octanol–water partition coefficient (Wildman–Crippen LogP) is 17.1. The molecule has 0 spiro atoms. The zero-order valence-corrected chi connectivity index (χ0v) is 40.1. The molecule has 9 aromatic carbocycles. The maximum absolute atomic E-state index is 2.60. The van der Waals surface area contributed by atoms with Gasteiger partial charge in [-0.2, -0.15) is 0 Å². The summed E-state index contributed by atoms with van der Waals surface area (Å²) < 4.78 is 1.26. The monoisotopic (exact) mass is 946 g/mol. The van der Waals surface area contributed by atoms with Crippen molar-refractivity contribution in [3.63, 3.8) is 0 Å². The number of hydrogen-bond donors (Lipinski definition) is 0. The highest BCUT2D eigenvalue weighted by atomic mass is 127. The van der Waals surface area contributed by atoms with E-state index in [4.69, 9.17) is 0 Å². The van der Waals surface area contributed by atoms with E-state index >= 15 is 0 Å². The average Bonchev–Trinajstić information content (AvgIpc) is 3.83. The van der Waals surface area contributed by atoms with Gasteiger partial charge in [0.25, 0.3) is 0 Å². The number of benzene rings is 9. The summed E-state index contributed by atoms with van der Waals surface area (Å²) in [6, 6.07) is 72.3. The van der Waals surface area contributed by atoms with Crippen LogP contribution in [0.5, 0.6) is 0 Å². The highest BCUT2D eigenvalue weighted by Gasteiger charge is 2.46. The van der Waals surface area contributed by atoms with E-state index in [1.165, 1.54) is 126 Å². The Balaban J connectivity index is 1.03. The molecular formula is C64H51I. The molecule has 0 fully saturated rings. The SMILES string of the molecule is Cc1ccc(-c2ccc3c(c2)-c2ccccc2C3(C)c2cc3c(cc2-c2ccc(C)cc2)C(C)(Cc2ccc4c(c2)-c2cccc(-c5ccc(I)cc5)c2C4(C)C)c2ccccc2-3)cc1. The van der Waals surface area contributed by atoms with Crippen molar-refractivity contribution in [1.29, 1.82) is 0 Å². The van der Waals surface area contributed by atoms with Gasteiger partial charge in [-0.05, 0) is 191 Å². The van der Waals surface area contributed by atoms with Crippen molar-refractivity contribution in [3.05, 3.63) is 247 Å².